The lowest BCUT2D eigenvalue weighted by Crippen LogP contribution is -1.87. The predicted octanol–water partition coefficient (Wildman–Crippen LogP) is 7.98. The first-order chi connectivity index (χ1) is 11.9. The van der Waals surface area contributed by atoms with Crippen LogP contribution >= 0.6 is 0 Å². The second-order valence-corrected chi connectivity index (χ2v) is 5.86. The molecule has 0 radical (unpaired) electrons. The van der Waals surface area contributed by atoms with Gasteiger partial charge in [-0.1, -0.05) is 84.6 Å². The molecule has 0 amide bonds. The standard InChI is InChI=1S/C25H34/c1-9-21(8)15-17-23(11-3)25(13-5)19-18-24(12-4)22(10-2)16-14-20(6)7/h9-19H,6H2,1-5,7-8H3/b16-14-,17-15-,19-18-,21-9-,22-10+,23-11+,24-12+,25-13+. The summed E-state index contributed by atoms with van der Waals surface area (Å²) < 4.78 is 0. The molecular formula is C25H34. The van der Waals surface area contributed by atoms with Gasteiger partial charge in [-0.05, 0) is 70.8 Å². The van der Waals surface area contributed by atoms with Crippen molar-refractivity contribution >= 4 is 0 Å². The van der Waals surface area contributed by atoms with Crippen molar-refractivity contribution in [2.75, 3.05) is 0 Å². The summed E-state index contributed by atoms with van der Waals surface area (Å²) in [5.41, 5.74) is 7.13. The third-order valence-corrected chi connectivity index (χ3v) is 3.88. The van der Waals surface area contributed by atoms with Crippen LogP contribution in [0, 0.1) is 0 Å². The third-order valence-electron chi connectivity index (χ3n) is 3.88. The Labute approximate surface area is 155 Å². The van der Waals surface area contributed by atoms with E-state index in [0.29, 0.717) is 0 Å². The summed E-state index contributed by atoms with van der Waals surface area (Å²) in [6.45, 7) is 18.4. The van der Waals surface area contributed by atoms with E-state index in [0.717, 1.165) is 5.57 Å². The first-order valence-corrected chi connectivity index (χ1v) is 8.92. The highest BCUT2D eigenvalue weighted by Crippen LogP contribution is 2.19. The largest absolute Gasteiger partial charge is 0.0961 e. The first kappa shape index (κ1) is 22.7. The topological polar surface area (TPSA) is 0 Å². The van der Waals surface area contributed by atoms with E-state index in [1.807, 2.05) is 13.0 Å². The molecule has 0 aromatic carbocycles. The van der Waals surface area contributed by atoms with Gasteiger partial charge in [-0.3, -0.25) is 0 Å². The maximum atomic E-state index is 3.93. The molecule has 0 bridgehead atoms. The molecule has 0 aliphatic carbocycles. The fourth-order valence-electron chi connectivity index (χ4n) is 2.17. The summed E-state index contributed by atoms with van der Waals surface area (Å²) in [4.78, 5) is 0. The molecule has 0 saturated carbocycles. The van der Waals surface area contributed by atoms with Crippen molar-refractivity contribution in [1.29, 1.82) is 0 Å². The van der Waals surface area contributed by atoms with Crippen LogP contribution in [0.25, 0.3) is 0 Å². The fraction of sp³-hybridized carbons (Fsp3) is 0.280. The van der Waals surface area contributed by atoms with Crippen LogP contribution in [-0.4, -0.2) is 0 Å². The van der Waals surface area contributed by atoms with Gasteiger partial charge >= 0.3 is 0 Å². The highest BCUT2D eigenvalue weighted by Gasteiger charge is 1.99. The average Bonchev–Trinajstić information content (AvgIpc) is 2.61. The summed E-state index contributed by atoms with van der Waals surface area (Å²) in [5.74, 6) is 0. The normalized spacial score (nSPS) is 15.9. The van der Waals surface area contributed by atoms with Gasteiger partial charge in [0, 0.05) is 0 Å². The van der Waals surface area contributed by atoms with Crippen molar-refractivity contribution in [3.05, 3.63) is 107 Å². The Bertz CT molecular complexity index is 678. The summed E-state index contributed by atoms with van der Waals surface area (Å²) >= 11 is 0. The number of hydrogen-bond donors (Lipinski definition) is 0. The molecule has 0 saturated heterocycles. The Kier molecular flexibility index (Phi) is 11.8. The molecule has 0 nitrogen and oxygen atoms in total. The third kappa shape index (κ3) is 8.91. The van der Waals surface area contributed by atoms with Crippen molar-refractivity contribution in [3.8, 4) is 0 Å². The maximum Gasteiger partial charge on any atom is -0.0230 e. The Morgan fingerprint density at radius 1 is 0.480 bits per heavy atom. The van der Waals surface area contributed by atoms with E-state index in [-0.39, 0.29) is 0 Å². The molecule has 0 spiro atoms. The van der Waals surface area contributed by atoms with Crippen LogP contribution in [0.2, 0.25) is 0 Å². The van der Waals surface area contributed by atoms with E-state index < -0.39 is 0 Å². The van der Waals surface area contributed by atoms with Gasteiger partial charge in [0.15, 0.2) is 0 Å². The zero-order valence-corrected chi connectivity index (χ0v) is 17.1. The second kappa shape index (κ2) is 13.0. The minimum Gasteiger partial charge on any atom is -0.0961 e. The molecule has 0 aliphatic heterocycles. The van der Waals surface area contributed by atoms with Crippen molar-refractivity contribution < 1.29 is 0 Å². The summed E-state index contributed by atoms with van der Waals surface area (Å²) in [7, 11) is 0. The Morgan fingerprint density at radius 3 is 1.08 bits per heavy atom. The predicted molar refractivity (Wildman–Crippen MR) is 117 cm³/mol. The molecule has 0 aromatic heterocycles. The second-order valence-electron chi connectivity index (χ2n) is 5.86. The molecule has 0 rings (SSSR count). The van der Waals surface area contributed by atoms with Crippen LogP contribution in [0.15, 0.2) is 107 Å². The lowest BCUT2D eigenvalue weighted by molar-refractivity contribution is 1.41. The molecular weight excluding hydrogens is 300 g/mol. The highest BCUT2D eigenvalue weighted by molar-refractivity contribution is 5.53. The molecule has 0 fully saturated rings. The van der Waals surface area contributed by atoms with Gasteiger partial charge in [0.1, 0.15) is 0 Å². The molecule has 0 aromatic rings. The van der Waals surface area contributed by atoms with Crippen molar-refractivity contribution in [1.82, 2.24) is 0 Å². The van der Waals surface area contributed by atoms with Crippen LogP contribution < -0.4 is 0 Å². The van der Waals surface area contributed by atoms with Crippen molar-refractivity contribution in [2.45, 2.75) is 48.5 Å². The molecule has 0 unspecified atom stereocenters. The van der Waals surface area contributed by atoms with E-state index in [9.17, 15) is 0 Å². The molecule has 0 heterocycles. The van der Waals surface area contributed by atoms with Gasteiger partial charge in [0.25, 0.3) is 0 Å². The lowest BCUT2D eigenvalue weighted by atomic mass is 9.99. The van der Waals surface area contributed by atoms with Crippen LogP contribution in [0.5, 0.6) is 0 Å². The Hall–Kier alpha value is -2.34. The van der Waals surface area contributed by atoms with E-state index in [1.54, 1.807) is 0 Å². The smallest absolute Gasteiger partial charge is 0.0230 e. The van der Waals surface area contributed by atoms with Gasteiger partial charge in [0.2, 0.25) is 0 Å². The van der Waals surface area contributed by atoms with E-state index in [4.69, 9.17) is 0 Å². The summed E-state index contributed by atoms with van der Waals surface area (Å²) in [6, 6.07) is 0. The SMILES string of the molecule is C=C(C)\C=C/C(=C\C)C(/C=C\C(=C/C)C(\C=C/C(C)=C\C)=C\C)=C/C. The van der Waals surface area contributed by atoms with Gasteiger partial charge in [-0.25, -0.2) is 0 Å². The number of allylic oxidation sites excluding steroid dienone is 17. The molecule has 0 N–H and O–H groups in total. The zero-order valence-electron chi connectivity index (χ0n) is 17.1. The number of hydrogen-bond acceptors (Lipinski definition) is 0. The monoisotopic (exact) mass is 334 g/mol. The van der Waals surface area contributed by atoms with Crippen molar-refractivity contribution in [3.63, 3.8) is 0 Å². The summed E-state index contributed by atoms with van der Waals surface area (Å²) in [6.07, 6.45) is 23.5. The molecule has 134 valence electrons. The summed E-state index contributed by atoms with van der Waals surface area (Å²) in [5, 5.41) is 0. The minimum absolute atomic E-state index is 1.05. The van der Waals surface area contributed by atoms with Crippen LogP contribution in [0.4, 0.5) is 0 Å². The van der Waals surface area contributed by atoms with Crippen molar-refractivity contribution in [2.24, 2.45) is 0 Å². The first-order valence-electron chi connectivity index (χ1n) is 8.92. The lowest BCUT2D eigenvalue weighted by Gasteiger charge is -2.06. The Balaban J connectivity index is 5.53. The van der Waals surface area contributed by atoms with Gasteiger partial charge in [-0.2, -0.15) is 0 Å². The zero-order chi connectivity index (χ0) is 19.2. The quantitative estimate of drug-likeness (QED) is 0.395. The average molecular weight is 335 g/mol. The molecule has 25 heavy (non-hydrogen) atoms. The number of rotatable bonds is 8. The van der Waals surface area contributed by atoms with E-state index >= 15 is 0 Å². The van der Waals surface area contributed by atoms with Crippen LogP contribution in [-0.2, 0) is 0 Å². The van der Waals surface area contributed by atoms with Gasteiger partial charge in [-0.15, -0.1) is 0 Å². The van der Waals surface area contributed by atoms with Gasteiger partial charge < -0.3 is 0 Å². The Morgan fingerprint density at radius 2 is 0.800 bits per heavy atom. The maximum absolute atomic E-state index is 3.93. The molecule has 0 aliphatic rings. The van der Waals surface area contributed by atoms with Gasteiger partial charge in [0.05, 0.1) is 0 Å². The molecule has 0 atom stereocenters. The van der Waals surface area contributed by atoms with E-state index in [1.165, 1.54) is 27.9 Å². The molecule has 0 heteroatoms. The van der Waals surface area contributed by atoms with Crippen LogP contribution in [0.1, 0.15) is 48.5 Å². The fourth-order valence-corrected chi connectivity index (χ4v) is 2.17. The van der Waals surface area contributed by atoms with Crippen LogP contribution in [0.3, 0.4) is 0 Å². The minimum atomic E-state index is 1.05. The van der Waals surface area contributed by atoms with E-state index in [2.05, 4.69) is 109 Å². The highest BCUT2D eigenvalue weighted by atomic mass is 14.0.